The molecule has 8 nitrogen and oxygen atoms in total. The van der Waals surface area contributed by atoms with Crippen LogP contribution in [0.15, 0.2) is 28.7 Å². The molecule has 0 aliphatic carbocycles. The minimum Gasteiger partial charge on any atom is -0.388 e. The van der Waals surface area contributed by atoms with E-state index in [4.69, 9.17) is 16.3 Å². The molecule has 28 heavy (non-hydrogen) atoms. The van der Waals surface area contributed by atoms with Crippen molar-refractivity contribution in [3.63, 3.8) is 0 Å². The molecule has 5 rings (SSSR count). The second-order valence-electron chi connectivity index (χ2n) is 6.93. The van der Waals surface area contributed by atoms with Gasteiger partial charge in [0.25, 0.3) is 11.8 Å². The molecule has 3 aliphatic rings. The van der Waals surface area contributed by atoms with Gasteiger partial charge in [-0.05, 0) is 59.9 Å². The minimum absolute atomic E-state index is 0.0493. The van der Waals surface area contributed by atoms with E-state index in [0.29, 0.717) is 21.0 Å². The minimum atomic E-state index is -0.560. The highest BCUT2D eigenvalue weighted by Crippen LogP contribution is 2.31. The average Bonchev–Trinajstić information content (AvgIpc) is 3.02. The number of amides is 2. The Morgan fingerprint density at radius 3 is 2.71 bits per heavy atom. The molecule has 0 unspecified atom stereocenters. The zero-order valence-electron chi connectivity index (χ0n) is 14.9. The maximum absolute atomic E-state index is 12.4. The van der Waals surface area contributed by atoms with Crippen molar-refractivity contribution in [2.45, 2.75) is 18.9 Å². The smallest absolute Gasteiger partial charge is 0.388 e. The SMILES string of the molecule is O=C(N[C@H]1CN2CCC1CC2)Oc1n[nH]c(NC(=O)c2ccccc2Cl)c1Br. The molecule has 3 saturated heterocycles. The fraction of sp³-hybridized carbons (Fsp3) is 0.389. The van der Waals surface area contributed by atoms with Gasteiger partial charge in [-0.3, -0.25) is 9.89 Å². The summed E-state index contributed by atoms with van der Waals surface area (Å²) in [5.41, 5.74) is 0.327. The predicted octanol–water partition coefficient (Wildman–Crippen LogP) is 3.26. The Morgan fingerprint density at radius 1 is 1.29 bits per heavy atom. The molecule has 0 saturated carbocycles. The Kier molecular flexibility index (Phi) is 5.56. The van der Waals surface area contributed by atoms with Gasteiger partial charge in [0.05, 0.1) is 10.6 Å². The Hall–Kier alpha value is -2.10. The lowest BCUT2D eigenvalue weighted by molar-refractivity contribution is 0.0723. The normalized spacial score (nSPS) is 23.3. The van der Waals surface area contributed by atoms with E-state index in [1.807, 2.05) is 0 Å². The molecule has 1 atom stereocenters. The second-order valence-corrected chi connectivity index (χ2v) is 8.13. The van der Waals surface area contributed by atoms with E-state index in [0.717, 1.165) is 32.5 Å². The molecule has 2 amide bonds. The number of halogens is 2. The Bertz CT molecular complexity index is 897. The Labute approximate surface area is 175 Å². The first kappa shape index (κ1) is 19.2. The van der Waals surface area contributed by atoms with Crippen molar-refractivity contribution in [2.24, 2.45) is 5.92 Å². The summed E-state index contributed by atoms with van der Waals surface area (Å²) in [6.45, 7) is 3.04. The third-order valence-electron chi connectivity index (χ3n) is 5.18. The van der Waals surface area contributed by atoms with Crippen LogP contribution < -0.4 is 15.4 Å². The van der Waals surface area contributed by atoms with Crippen LogP contribution in [0.1, 0.15) is 23.2 Å². The first-order chi connectivity index (χ1) is 13.5. The molecule has 0 radical (unpaired) electrons. The number of anilines is 1. The van der Waals surface area contributed by atoms with E-state index in [9.17, 15) is 9.59 Å². The van der Waals surface area contributed by atoms with Gasteiger partial charge in [-0.25, -0.2) is 4.79 Å². The molecule has 4 heterocycles. The standard InChI is InChI=1S/C18H19BrClN5O3/c19-14-15(22-16(26)11-3-1-2-4-12(11)20)23-24-17(14)28-18(27)21-13-9-25-7-5-10(13)6-8-25/h1-4,10,13H,5-9H2,(H,21,27)(H2,22,23,24,26)/t13-/m0/s1. The van der Waals surface area contributed by atoms with Crippen LogP contribution in [0.25, 0.3) is 0 Å². The van der Waals surface area contributed by atoms with Gasteiger partial charge >= 0.3 is 6.09 Å². The highest BCUT2D eigenvalue weighted by atomic mass is 79.9. The number of H-pyrrole nitrogens is 1. The number of hydrogen-bond donors (Lipinski definition) is 3. The van der Waals surface area contributed by atoms with Crippen LogP contribution in [0.2, 0.25) is 5.02 Å². The van der Waals surface area contributed by atoms with Crippen LogP contribution in [0.3, 0.4) is 0 Å². The number of carbonyl (C=O) groups excluding carboxylic acids is 2. The molecule has 1 aromatic heterocycles. The van der Waals surface area contributed by atoms with Crippen LogP contribution in [-0.2, 0) is 0 Å². The quantitative estimate of drug-likeness (QED) is 0.640. The topological polar surface area (TPSA) is 99.3 Å². The van der Waals surface area contributed by atoms with Crippen molar-refractivity contribution in [1.29, 1.82) is 0 Å². The number of rotatable bonds is 4. The molecule has 3 aliphatic heterocycles. The van der Waals surface area contributed by atoms with E-state index in [-0.39, 0.29) is 17.7 Å². The average molecular weight is 469 g/mol. The number of nitrogens with zero attached hydrogens (tertiary/aromatic N) is 2. The summed E-state index contributed by atoms with van der Waals surface area (Å²) in [6.07, 6.45) is 1.62. The largest absolute Gasteiger partial charge is 0.414 e. The van der Waals surface area contributed by atoms with Crippen molar-refractivity contribution in [3.8, 4) is 5.88 Å². The number of ether oxygens (including phenoxy) is 1. The zero-order chi connectivity index (χ0) is 19.7. The molecule has 0 spiro atoms. The third-order valence-corrected chi connectivity index (χ3v) is 6.25. The highest BCUT2D eigenvalue weighted by Gasteiger charge is 2.35. The number of benzene rings is 1. The van der Waals surface area contributed by atoms with Gasteiger partial charge in [-0.15, -0.1) is 5.10 Å². The van der Waals surface area contributed by atoms with E-state index >= 15 is 0 Å². The van der Waals surface area contributed by atoms with Gasteiger partial charge in [0.15, 0.2) is 0 Å². The summed E-state index contributed by atoms with van der Waals surface area (Å²) in [5, 5.41) is 12.5. The van der Waals surface area contributed by atoms with Gasteiger partial charge in [0.2, 0.25) is 0 Å². The van der Waals surface area contributed by atoms with Crippen LogP contribution in [0.5, 0.6) is 5.88 Å². The number of fused-ring (bicyclic) bond motifs is 3. The fourth-order valence-electron chi connectivity index (χ4n) is 3.69. The number of hydrogen-bond acceptors (Lipinski definition) is 5. The molecule has 3 N–H and O–H groups in total. The molecular formula is C18H19BrClN5O3. The van der Waals surface area contributed by atoms with Crippen molar-refractivity contribution >= 4 is 45.3 Å². The summed E-state index contributed by atoms with van der Waals surface area (Å²) in [6, 6.07) is 6.79. The third kappa shape index (κ3) is 4.01. The summed E-state index contributed by atoms with van der Waals surface area (Å²) < 4.78 is 5.66. The van der Waals surface area contributed by atoms with Crippen LogP contribution in [0, 0.1) is 5.92 Å². The van der Waals surface area contributed by atoms with E-state index in [1.54, 1.807) is 24.3 Å². The molecule has 148 valence electrons. The number of aromatic nitrogens is 2. The monoisotopic (exact) mass is 467 g/mol. The first-order valence-electron chi connectivity index (χ1n) is 9.01. The number of piperidine rings is 3. The molecule has 1 aromatic carbocycles. The summed E-state index contributed by atoms with van der Waals surface area (Å²) in [4.78, 5) is 27.0. The molecule has 2 bridgehead atoms. The van der Waals surface area contributed by atoms with Crippen molar-refractivity contribution < 1.29 is 14.3 Å². The molecule has 10 heteroatoms. The lowest BCUT2D eigenvalue weighted by Crippen LogP contribution is -2.57. The maximum Gasteiger partial charge on any atom is 0.414 e. The summed E-state index contributed by atoms with van der Waals surface area (Å²) in [5.74, 6) is 0.410. The van der Waals surface area contributed by atoms with Crippen LogP contribution in [0.4, 0.5) is 10.6 Å². The van der Waals surface area contributed by atoms with Gasteiger partial charge in [-0.2, -0.15) is 0 Å². The fourth-order valence-corrected chi connectivity index (χ4v) is 4.26. The van der Waals surface area contributed by atoms with Gasteiger partial charge in [0, 0.05) is 12.6 Å². The zero-order valence-corrected chi connectivity index (χ0v) is 17.2. The summed E-state index contributed by atoms with van der Waals surface area (Å²) >= 11 is 9.34. The van der Waals surface area contributed by atoms with Crippen LogP contribution in [-0.4, -0.2) is 52.8 Å². The second kappa shape index (κ2) is 8.10. The van der Waals surface area contributed by atoms with Crippen molar-refractivity contribution in [1.82, 2.24) is 20.4 Å². The molecule has 3 fully saturated rings. The predicted molar refractivity (Wildman–Crippen MR) is 108 cm³/mol. The number of aromatic amines is 1. The molecule has 2 aromatic rings. The van der Waals surface area contributed by atoms with Crippen molar-refractivity contribution in [2.75, 3.05) is 25.0 Å². The lowest BCUT2D eigenvalue weighted by atomic mass is 9.84. The maximum atomic E-state index is 12.4. The Morgan fingerprint density at radius 2 is 2.04 bits per heavy atom. The number of nitrogens with one attached hydrogen (secondary N) is 3. The summed E-state index contributed by atoms with van der Waals surface area (Å²) in [7, 11) is 0. The van der Waals surface area contributed by atoms with E-state index in [2.05, 4.69) is 41.7 Å². The van der Waals surface area contributed by atoms with Crippen LogP contribution >= 0.6 is 27.5 Å². The first-order valence-corrected chi connectivity index (χ1v) is 10.2. The Balaban J connectivity index is 1.37. The van der Waals surface area contributed by atoms with E-state index in [1.165, 1.54) is 0 Å². The van der Waals surface area contributed by atoms with Gasteiger partial charge < -0.3 is 20.3 Å². The van der Waals surface area contributed by atoms with E-state index < -0.39 is 12.0 Å². The van der Waals surface area contributed by atoms with Crippen molar-refractivity contribution in [3.05, 3.63) is 39.3 Å². The lowest BCUT2D eigenvalue weighted by Gasteiger charge is -2.44. The van der Waals surface area contributed by atoms with Gasteiger partial charge in [-0.1, -0.05) is 23.7 Å². The number of carbonyl (C=O) groups is 2. The molecular weight excluding hydrogens is 450 g/mol. The highest BCUT2D eigenvalue weighted by molar-refractivity contribution is 9.10. The van der Waals surface area contributed by atoms with Gasteiger partial charge in [0.1, 0.15) is 10.3 Å².